The van der Waals surface area contributed by atoms with Crippen LogP contribution in [0.3, 0.4) is 0 Å². The summed E-state index contributed by atoms with van der Waals surface area (Å²) in [6, 6.07) is 5.59. The number of nitrogens with zero attached hydrogens (tertiary/aromatic N) is 3. The fraction of sp³-hybridized carbons (Fsp3) is 0. The van der Waals surface area contributed by atoms with Crippen LogP contribution in [0.1, 0.15) is 0 Å². The molecule has 0 bridgehead atoms. The van der Waals surface area contributed by atoms with Crippen molar-refractivity contribution in [1.29, 1.82) is 0 Å². The van der Waals surface area contributed by atoms with Gasteiger partial charge in [0.25, 0.3) is 0 Å². The van der Waals surface area contributed by atoms with Crippen LogP contribution in [0.5, 0.6) is 0 Å². The SMILES string of the molecule is Nc1nc(Nc2ccc(S(N)(=O)=O)cc2)nn1C(=O)S. The number of carbonyl (C=O) groups is 1. The fourth-order valence-electron chi connectivity index (χ4n) is 1.37. The van der Waals surface area contributed by atoms with Crippen LogP contribution >= 0.6 is 12.6 Å². The van der Waals surface area contributed by atoms with E-state index in [1.165, 1.54) is 24.3 Å². The minimum atomic E-state index is -3.74. The molecule has 0 radical (unpaired) electrons. The molecule has 0 saturated heterocycles. The Kier molecular flexibility index (Phi) is 3.65. The van der Waals surface area contributed by atoms with E-state index in [0.717, 1.165) is 4.68 Å². The van der Waals surface area contributed by atoms with E-state index in [9.17, 15) is 13.2 Å². The molecule has 0 atom stereocenters. The summed E-state index contributed by atoms with van der Waals surface area (Å²) >= 11 is 3.58. The van der Waals surface area contributed by atoms with Crippen molar-refractivity contribution in [3.63, 3.8) is 0 Å². The quantitative estimate of drug-likeness (QED) is 0.590. The van der Waals surface area contributed by atoms with Gasteiger partial charge in [0, 0.05) is 5.69 Å². The monoisotopic (exact) mass is 314 g/mol. The van der Waals surface area contributed by atoms with Crippen molar-refractivity contribution in [2.75, 3.05) is 11.1 Å². The molecule has 2 aromatic rings. The summed E-state index contributed by atoms with van der Waals surface area (Å²) in [6.45, 7) is 0. The third kappa shape index (κ3) is 3.07. The number of primary sulfonamides is 1. The molecule has 11 heteroatoms. The highest BCUT2D eigenvalue weighted by atomic mass is 32.2. The zero-order valence-corrected chi connectivity index (χ0v) is 11.6. The van der Waals surface area contributed by atoms with E-state index >= 15 is 0 Å². The lowest BCUT2D eigenvalue weighted by atomic mass is 10.3. The van der Waals surface area contributed by atoms with Gasteiger partial charge in [-0.3, -0.25) is 4.79 Å². The van der Waals surface area contributed by atoms with E-state index in [4.69, 9.17) is 10.9 Å². The van der Waals surface area contributed by atoms with Crippen LogP contribution in [0.15, 0.2) is 29.2 Å². The fourth-order valence-corrected chi connectivity index (χ4v) is 2.04. The minimum absolute atomic E-state index is 0.0217. The van der Waals surface area contributed by atoms with Gasteiger partial charge in [0.05, 0.1) is 4.90 Å². The molecule has 0 aliphatic heterocycles. The van der Waals surface area contributed by atoms with Gasteiger partial charge >= 0.3 is 5.24 Å². The van der Waals surface area contributed by atoms with Crippen molar-refractivity contribution in [2.45, 2.75) is 4.90 Å². The number of benzene rings is 1. The Morgan fingerprint density at radius 2 is 1.90 bits per heavy atom. The van der Waals surface area contributed by atoms with E-state index in [0.29, 0.717) is 5.69 Å². The minimum Gasteiger partial charge on any atom is -0.368 e. The van der Waals surface area contributed by atoms with E-state index in [1.54, 1.807) is 0 Å². The van der Waals surface area contributed by atoms with Crippen molar-refractivity contribution in [3.8, 4) is 0 Å². The Labute approximate surface area is 119 Å². The van der Waals surface area contributed by atoms with E-state index in [1.807, 2.05) is 0 Å². The summed E-state index contributed by atoms with van der Waals surface area (Å²) in [5.41, 5.74) is 5.96. The third-order valence-corrected chi connectivity index (χ3v) is 3.37. The molecular formula is C9H10N6O3S2. The van der Waals surface area contributed by atoms with Gasteiger partial charge < -0.3 is 11.1 Å². The number of thiol groups is 1. The highest BCUT2D eigenvalue weighted by molar-refractivity contribution is 7.96. The van der Waals surface area contributed by atoms with Crippen molar-refractivity contribution < 1.29 is 13.2 Å². The first kappa shape index (κ1) is 14.3. The van der Waals surface area contributed by atoms with E-state index in [-0.39, 0.29) is 16.8 Å². The van der Waals surface area contributed by atoms with Crippen LogP contribution in [0.2, 0.25) is 0 Å². The van der Waals surface area contributed by atoms with Gasteiger partial charge in [-0.15, -0.1) is 5.10 Å². The number of hydrogen-bond donors (Lipinski definition) is 4. The highest BCUT2D eigenvalue weighted by Crippen LogP contribution is 2.17. The second-order valence-electron chi connectivity index (χ2n) is 3.68. The molecule has 1 aromatic carbocycles. The van der Waals surface area contributed by atoms with Gasteiger partial charge in [-0.1, -0.05) is 12.6 Å². The molecule has 1 aromatic heterocycles. The van der Waals surface area contributed by atoms with Gasteiger partial charge in [0.2, 0.25) is 21.9 Å². The molecule has 1 heterocycles. The van der Waals surface area contributed by atoms with Crippen LogP contribution < -0.4 is 16.2 Å². The Balaban J connectivity index is 2.22. The van der Waals surface area contributed by atoms with Crippen LogP contribution in [0, 0.1) is 0 Å². The Hall–Kier alpha value is -2.11. The summed E-state index contributed by atoms with van der Waals surface area (Å²) in [5.74, 6) is -0.0399. The summed E-state index contributed by atoms with van der Waals surface area (Å²) in [5, 5.41) is 10.8. The average molecular weight is 314 g/mol. The molecule has 0 unspecified atom stereocenters. The molecule has 2 rings (SSSR count). The maximum absolute atomic E-state index is 11.1. The lowest BCUT2D eigenvalue weighted by Gasteiger charge is -2.02. The number of anilines is 3. The van der Waals surface area contributed by atoms with Gasteiger partial charge in [-0.2, -0.15) is 9.67 Å². The molecule has 106 valence electrons. The van der Waals surface area contributed by atoms with Crippen LogP contribution in [-0.2, 0) is 10.0 Å². The first-order valence-corrected chi connectivity index (χ1v) is 7.12. The largest absolute Gasteiger partial charge is 0.368 e. The Bertz CT molecular complexity index is 752. The van der Waals surface area contributed by atoms with E-state index < -0.39 is 15.3 Å². The lowest BCUT2D eigenvalue weighted by molar-refractivity contribution is 0.260. The number of nitrogens with one attached hydrogen (secondary N) is 1. The molecule has 5 N–H and O–H groups in total. The molecule has 0 saturated carbocycles. The first-order chi connectivity index (χ1) is 9.27. The smallest absolute Gasteiger partial charge is 0.306 e. The average Bonchev–Trinajstić information content (AvgIpc) is 2.70. The van der Waals surface area contributed by atoms with Gasteiger partial charge in [-0.05, 0) is 24.3 Å². The van der Waals surface area contributed by atoms with Gasteiger partial charge in [-0.25, -0.2) is 13.6 Å². The number of nitrogen functional groups attached to an aromatic ring is 1. The van der Waals surface area contributed by atoms with Crippen molar-refractivity contribution in [3.05, 3.63) is 24.3 Å². The number of aromatic nitrogens is 3. The summed E-state index contributed by atoms with van der Waals surface area (Å²) in [6.07, 6.45) is 0. The number of hydrogen-bond acceptors (Lipinski definition) is 7. The maximum Gasteiger partial charge on any atom is 0.306 e. The van der Waals surface area contributed by atoms with Crippen molar-refractivity contribution in [1.82, 2.24) is 14.8 Å². The Morgan fingerprint density at radius 3 is 2.35 bits per heavy atom. The molecule has 0 fully saturated rings. The summed E-state index contributed by atoms with van der Waals surface area (Å²) in [4.78, 5) is 14.8. The van der Waals surface area contributed by atoms with Gasteiger partial charge in [0.15, 0.2) is 0 Å². The first-order valence-electron chi connectivity index (χ1n) is 5.13. The zero-order valence-electron chi connectivity index (χ0n) is 9.89. The van der Waals surface area contributed by atoms with Crippen LogP contribution in [0.4, 0.5) is 22.4 Å². The van der Waals surface area contributed by atoms with E-state index in [2.05, 4.69) is 28.0 Å². The zero-order chi connectivity index (χ0) is 14.9. The van der Waals surface area contributed by atoms with Gasteiger partial charge in [0.1, 0.15) is 0 Å². The summed E-state index contributed by atoms with van der Waals surface area (Å²) in [7, 11) is -3.74. The molecule has 0 spiro atoms. The lowest BCUT2D eigenvalue weighted by Crippen LogP contribution is -2.11. The predicted molar refractivity (Wildman–Crippen MR) is 75.3 cm³/mol. The topological polar surface area (TPSA) is 146 Å². The number of carbonyl (C=O) groups excluding carboxylic acids is 1. The Morgan fingerprint density at radius 1 is 1.30 bits per heavy atom. The van der Waals surface area contributed by atoms with Crippen molar-refractivity contribution in [2.24, 2.45) is 5.14 Å². The molecule has 0 aliphatic rings. The number of sulfonamides is 1. The molecule has 0 amide bonds. The molecule has 20 heavy (non-hydrogen) atoms. The third-order valence-electron chi connectivity index (χ3n) is 2.25. The standard InChI is InChI=1S/C9H10N6O3S2/c10-7-13-8(14-15(7)9(16)19)12-5-1-3-6(4-2-5)20(11,17)18/h1-4H,(H,16,19)(H2,11,17,18)(H3,10,12,13,14). The summed E-state index contributed by atoms with van der Waals surface area (Å²) < 4.78 is 23.0. The molecular weight excluding hydrogens is 304 g/mol. The number of rotatable bonds is 3. The van der Waals surface area contributed by atoms with Crippen molar-refractivity contribution >= 4 is 45.5 Å². The van der Waals surface area contributed by atoms with Crippen LogP contribution in [-0.4, -0.2) is 28.4 Å². The van der Waals surface area contributed by atoms with Crippen LogP contribution in [0.25, 0.3) is 0 Å². The number of nitrogens with two attached hydrogens (primary N) is 2. The molecule has 9 nitrogen and oxygen atoms in total. The predicted octanol–water partition coefficient (Wildman–Crippen LogP) is 0.149. The second-order valence-corrected chi connectivity index (χ2v) is 5.63. The highest BCUT2D eigenvalue weighted by Gasteiger charge is 2.11. The second kappa shape index (κ2) is 5.11. The maximum atomic E-state index is 11.1. The molecule has 0 aliphatic carbocycles. The normalized spacial score (nSPS) is 11.3.